The first kappa shape index (κ1) is 19.8. The van der Waals surface area contributed by atoms with Gasteiger partial charge in [-0.2, -0.15) is 0 Å². The van der Waals surface area contributed by atoms with E-state index in [1.807, 2.05) is 9.58 Å². The number of quaternary nitrogens is 2. The van der Waals surface area contributed by atoms with Crippen LogP contribution in [0.2, 0.25) is 0 Å². The topological polar surface area (TPSA) is 52.5 Å². The first-order chi connectivity index (χ1) is 14.8. The van der Waals surface area contributed by atoms with Gasteiger partial charge < -0.3 is 9.80 Å². The van der Waals surface area contributed by atoms with Gasteiger partial charge in [-0.15, -0.1) is 16.4 Å². The molecule has 30 heavy (non-hydrogen) atoms. The lowest BCUT2D eigenvalue weighted by Gasteiger charge is -2.36. The van der Waals surface area contributed by atoms with E-state index in [9.17, 15) is 0 Å². The van der Waals surface area contributed by atoms with Crippen LogP contribution < -0.4 is 9.80 Å². The van der Waals surface area contributed by atoms with E-state index in [0.717, 1.165) is 18.4 Å². The molecule has 1 atom stereocenters. The molecular formula is C23H32N6S+2. The molecule has 0 spiro atoms. The normalized spacial score (nSPS) is 23.6. The van der Waals surface area contributed by atoms with Crippen molar-refractivity contribution in [2.24, 2.45) is 0 Å². The molecule has 2 aromatic heterocycles. The first-order valence-corrected chi connectivity index (χ1v) is 12.2. The van der Waals surface area contributed by atoms with Gasteiger partial charge in [0.05, 0.1) is 12.6 Å². The number of hydrogen-bond donors (Lipinski definition) is 2. The number of piperazine rings is 1. The molecular weight excluding hydrogens is 392 g/mol. The van der Waals surface area contributed by atoms with E-state index >= 15 is 0 Å². The lowest BCUT2D eigenvalue weighted by Crippen LogP contribution is -3.29. The highest BCUT2D eigenvalue weighted by Crippen LogP contribution is 2.20. The Balaban J connectivity index is 1.41. The fourth-order valence-corrected chi connectivity index (χ4v) is 6.02. The molecule has 0 bridgehead atoms. The lowest BCUT2D eigenvalue weighted by molar-refractivity contribution is -1.03. The zero-order chi connectivity index (χ0) is 20.3. The smallest absolute Gasteiger partial charge is 0.214 e. The van der Waals surface area contributed by atoms with Gasteiger partial charge in [0.1, 0.15) is 26.2 Å². The van der Waals surface area contributed by atoms with Crippen molar-refractivity contribution in [1.29, 1.82) is 0 Å². The van der Waals surface area contributed by atoms with E-state index < -0.39 is 0 Å². The van der Waals surface area contributed by atoms with Crippen LogP contribution in [0.25, 0.3) is 0 Å². The Morgan fingerprint density at radius 1 is 1.07 bits per heavy atom. The van der Waals surface area contributed by atoms with E-state index in [1.165, 1.54) is 67.9 Å². The van der Waals surface area contributed by atoms with Crippen LogP contribution in [0.5, 0.6) is 0 Å². The van der Waals surface area contributed by atoms with E-state index in [4.69, 9.17) is 0 Å². The van der Waals surface area contributed by atoms with Gasteiger partial charge in [-0.25, -0.2) is 4.68 Å². The van der Waals surface area contributed by atoms with Crippen molar-refractivity contribution in [1.82, 2.24) is 20.2 Å². The number of nitrogens with one attached hydrogen (secondary N) is 2. The maximum atomic E-state index is 4.55. The number of aromatic nitrogens is 4. The van der Waals surface area contributed by atoms with Crippen molar-refractivity contribution < 1.29 is 9.80 Å². The van der Waals surface area contributed by atoms with Crippen molar-refractivity contribution >= 4 is 11.3 Å². The van der Waals surface area contributed by atoms with Crippen LogP contribution in [0.4, 0.5) is 0 Å². The minimum absolute atomic E-state index is 0.186. The number of rotatable bonds is 6. The maximum Gasteiger partial charge on any atom is 0.214 e. The summed E-state index contributed by atoms with van der Waals surface area (Å²) in [5.41, 5.74) is 2.61. The summed E-state index contributed by atoms with van der Waals surface area (Å²) in [4.78, 5) is 4.72. The number of hydrogen-bond acceptors (Lipinski definition) is 4. The predicted octanol–water partition coefficient (Wildman–Crippen LogP) is 0.907. The van der Waals surface area contributed by atoms with E-state index in [0.29, 0.717) is 0 Å². The molecule has 1 aliphatic carbocycles. The summed E-state index contributed by atoms with van der Waals surface area (Å²) in [7, 11) is 0. The van der Waals surface area contributed by atoms with Crippen molar-refractivity contribution in [2.75, 3.05) is 26.2 Å². The molecule has 0 unspecified atom stereocenters. The van der Waals surface area contributed by atoms with Gasteiger partial charge >= 0.3 is 0 Å². The van der Waals surface area contributed by atoms with Crippen LogP contribution in [0.15, 0.2) is 41.8 Å². The molecule has 1 aromatic carbocycles. The predicted molar refractivity (Wildman–Crippen MR) is 118 cm³/mol. The van der Waals surface area contributed by atoms with Crippen LogP contribution in [-0.2, 0) is 6.54 Å². The molecule has 1 aliphatic heterocycles. The summed E-state index contributed by atoms with van der Waals surface area (Å²) in [6.07, 6.45) is 5.69. The molecule has 5 rings (SSSR count). The third-order valence-corrected chi connectivity index (χ3v) is 7.85. The Hall–Kier alpha value is -2.09. The zero-order valence-electron chi connectivity index (χ0n) is 17.8. The van der Waals surface area contributed by atoms with Crippen molar-refractivity contribution in [2.45, 2.75) is 51.2 Å². The Morgan fingerprint density at radius 2 is 1.83 bits per heavy atom. The van der Waals surface area contributed by atoms with Crippen molar-refractivity contribution in [3.63, 3.8) is 0 Å². The monoisotopic (exact) mass is 424 g/mol. The van der Waals surface area contributed by atoms with Crippen molar-refractivity contribution in [3.05, 3.63) is 63.6 Å². The van der Waals surface area contributed by atoms with E-state index in [2.05, 4.69) is 64.2 Å². The van der Waals surface area contributed by atoms with Gasteiger partial charge in [-0.05, 0) is 54.5 Å². The molecule has 158 valence electrons. The SMILES string of the molecule is Cc1ccc([C@H](c2nnnn2Cc2cccs2)[NH+]2CC[NH+](C3CCCC3)CC2)cc1. The highest BCUT2D eigenvalue weighted by atomic mass is 32.1. The molecule has 3 heterocycles. The summed E-state index contributed by atoms with van der Waals surface area (Å²) >= 11 is 1.76. The maximum absolute atomic E-state index is 4.55. The molecule has 2 fully saturated rings. The number of benzene rings is 1. The van der Waals surface area contributed by atoms with Gasteiger partial charge in [0.25, 0.3) is 0 Å². The Kier molecular flexibility index (Phi) is 5.93. The van der Waals surface area contributed by atoms with Gasteiger partial charge in [-0.3, -0.25) is 0 Å². The van der Waals surface area contributed by atoms with Crippen molar-refractivity contribution in [3.8, 4) is 0 Å². The zero-order valence-corrected chi connectivity index (χ0v) is 18.6. The quantitative estimate of drug-likeness (QED) is 0.618. The molecule has 2 N–H and O–H groups in total. The van der Waals surface area contributed by atoms with Crippen LogP contribution in [0.3, 0.4) is 0 Å². The molecule has 1 saturated heterocycles. The second-order valence-electron chi connectivity index (χ2n) is 8.92. The first-order valence-electron chi connectivity index (χ1n) is 11.3. The van der Waals surface area contributed by atoms with Crippen LogP contribution >= 0.6 is 11.3 Å². The minimum Gasteiger partial charge on any atom is -0.323 e. The fraction of sp³-hybridized carbons (Fsp3) is 0.522. The third kappa shape index (κ3) is 4.19. The molecule has 0 radical (unpaired) electrons. The van der Waals surface area contributed by atoms with Gasteiger partial charge in [0, 0.05) is 10.4 Å². The molecule has 6 nitrogen and oxygen atoms in total. The highest BCUT2D eigenvalue weighted by molar-refractivity contribution is 7.09. The van der Waals surface area contributed by atoms with Gasteiger partial charge in [0.2, 0.25) is 5.82 Å². The van der Waals surface area contributed by atoms with Gasteiger partial charge in [0.15, 0.2) is 6.04 Å². The number of thiophene rings is 1. The summed E-state index contributed by atoms with van der Waals surface area (Å²) in [6.45, 7) is 7.77. The molecule has 0 amide bonds. The fourth-order valence-electron chi connectivity index (χ4n) is 5.33. The van der Waals surface area contributed by atoms with Crippen LogP contribution in [0.1, 0.15) is 53.6 Å². The van der Waals surface area contributed by atoms with Crippen LogP contribution in [0, 0.1) is 6.92 Å². The second-order valence-corrected chi connectivity index (χ2v) is 9.95. The summed E-state index contributed by atoms with van der Waals surface area (Å²) < 4.78 is 2.01. The molecule has 2 aliphatic rings. The summed E-state index contributed by atoms with van der Waals surface area (Å²) in [5.74, 6) is 0.992. The molecule has 7 heteroatoms. The molecule has 3 aromatic rings. The molecule has 1 saturated carbocycles. The van der Waals surface area contributed by atoms with Gasteiger partial charge in [-0.1, -0.05) is 35.9 Å². The number of tetrazole rings is 1. The standard InChI is InChI=1S/C23H30N6S/c1-18-8-10-19(11-9-18)22(23-24-25-26-29(23)17-21-7-4-16-30-21)28-14-12-27(13-15-28)20-5-2-3-6-20/h4,7-11,16,20,22H,2-3,5-6,12-15,17H2,1H3/p+2/t22-/m1/s1. The third-order valence-electron chi connectivity index (χ3n) is 6.99. The minimum atomic E-state index is 0.186. The largest absolute Gasteiger partial charge is 0.323 e. The van der Waals surface area contributed by atoms with E-state index in [1.54, 1.807) is 16.2 Å². The van der Waals surface area contributed by atoms with Crippen LogP contribution in [-0.4, -0.2) is 52.4 Å². The van der Waals surface area contributed by atoms with E-state index in [-0.39, 0.29) is 6.04 Å². The summed E-state index contributed by atoms with van der Waals surface area (Å²) in [5, 5.41) is 15.1. The Bertz CT molecular complexity index is 921. The average Bonchev–Trinajstić information content (AvgIpc) is 3.54. The Labute approximate surface area is 182 Å². The Morgan fingerprint density at radius 3 is 2.53 bits per heavy atom. The second kappa shape index (κ2) is 8.96. The highest BCUT2D eigenvalue weighted by Gasteiger charge is 2.38. The number of aryl methyl sites for hydroxylation is 1. The number of nitrogens with zero attached hydrogens (tertiary/aromatic N) is 4. The lowest BCUT2D eigenvalue weighted by atomic mass is 10.0. The summed E-state index contributed by atoms with van der Waals surface area (Å²) in [6, 6.07) is 14.3. The average molecular weight is 425 g/mol.